The first-order chi connectivity index (χ1) is 16.8. The first-order valence-corrected chi connectivity index (χ1v) is 12.9. The number of aliphatic carboxylic acids is 1. The van der Waals surface area contributed by atoms with Crippen molar-refractivity contribution in [1.29, 1.82) is 0 Å². The zero-order valence-electron chi connectivity index (χ0n) is 21.7. The van der Waals surface area contributed by atoms with Crippen LogP contribution in [0.4, 0.5) is 0 Å². The largest absolute Gasteiger partial charge is 0.479 e. The van der Waals surface area contributed by atoms with E-state index in [1.165, 1.54) is 13.8 Å². The third-order valence-electron chi connectivity index (χ3n) is 8.62. The minimum atomic E-state index is -1.63. The van der Waals surface area contributed by atoms with Crippen molar-refractivity contribution in [2.45, 2.75) is 103 Å². The number of carboxylic acids is 1. The Morgan fingerprint density at radius 1 is 1.11 bits per heavy atom. The summed E-state index contributed by atoms with van der Waals surface area (Å²) in [5.41, 5.74) is -1.82. The van der Waals surface area contributed by atoms with Crippen molar-refractivity contribution in [3.8, 4) is 0 Å². The fraction of sp³-hybridized carbons (Fsp3) is 0.880. The summed E-state index contributed by atoms with van der Waals surface area (Å²) in [6, 6.07) is 0. The van der Waals surface area contributed by atoms with Crippen LogP contribution in [0.2, 0.25) is 0 Å². The maximum atomic E-state index is 12.6. The number of carbonyl (C=O) groups excluding carboxylic acids is 2. The molecule has 2 bridgehead atoms. The van der Waals surface area contributed by atoms with Crippen molar-refractivity contribution in [2.75, 3.05) is 6.54 Å². The summed E-state index contributed by atoms with van der Waals surface area (Å²) in [6.07, 6.45) is -0.0108. The van der Waals surface area contributed by atoms with E-state index < -0.39 is 53.3 Å². The van der Waals surface area contributed by atoms with Crippen molar-refractivity contribution in [2.24, 2.45) is 29.1 Å². The molecule has 5 rings (SSSR count). The second kappa shape index (κ2) is 9.83. The lowest BCUT2D eigenvalue weighted by molar-refractivity contribution is -0.576. The Morgan fingerprint density at radius 2 is 1.83 bits per heavy atom. The highest BCUT2D eigenvalue weighted by molar-refractivity contribution is 5.81. The first kappa shape index (κ1) is 27.3. The number of carbonyl (C=O) groups is 3. The lowest BCUT2D eigenvalue weighted by Gasteiger charge is -2.59. The van der Waals surface area contributed by atoms with Crippen LogP contribution in [0.25, 0.3) is 0 Å². The molecule has 36 heavy (non-hydrogen) atoms. The number of aliphatic hydroxyl groups excluding tert-OH is 1. The third kappa shape index (κ3) is 4.88. The number of hydrogen-bond acceptors (Lipinski definition) is 9. The summed E-state index contributed by atoms with van der Waals surface area (Å²) >= 11 is 0. The second-order valence-electron chi connectivity index (χ2n) is 11.8. The van der Waals surface area contributed by atoms with Crippen LogP contribution < -0.4 is 5.32 Å². The van der Waals surface area contributed by atoms with E-state index in [2.05, 4.69) is 12.2 Å². The summed E-state index contributed by atoms with van der Waals surface area (Å²) < 4.78 is 18.1. The molecule has 5 fully saturated rings. The maximum absolute atomic E-state index is 12.6. The van der Waals surface area contributed by atoms with E-state index in [4.69, 9.17) is 29.1 Å². The molecule has 4 saturated heterocycles. The van der Waals surface area contributed by atoms with E-state index in [0.717, 1.165) is 19.3 Å². The Labute approximate surface area is 211 Å². The minimum Gasteiger partial charge on any atom is -0.479 e. The molecule has 1 aliphatic carbocycles. The molecule has 4 aliphatic heterocycles. The molecule has 5 aliphatic rings. The highest BCUT2D eigenvalue weighted by Crippen LogP contribution is 2.60. The molecular weight excluding hydrogens is 474 g/mol. The SMILES string of the molecule is C[C@H]1[C@H](OC(=O)CCC(=O)NCC(C)(C)C(O)C(=O)O)O[C@@H]2O[C@@]3(C)CC[C@H]4[C@H](C)CC[C@@H]1C24OO3. The zero-order valence-corrected chi connectivity index (χ0v) is 21.7. The van der Waals surface area contributed by atoms with E-state index in [1.54, 1.807) is 0 Å². The van der Waals surface area contributed by atoms with Gasteiger partial charge in [0.05, 0.1) is 6.42 Å². The van der Waals surface area contributed by atoms with Crippen LogP contribution in [0, 0.1) is 29.1 Å². The molecule has 0 aromatic heterocycles. The van der Waals surface area contributed by atoms with Crippen molar-refractivity contribution in [1.82, 2.24) is 5.32 Å². The van der Waals surface area contributed by atoms with Crippen LogP contribution in [0.1, 0.15) is 73.1 Å². The highest BCUT2D eigenvalue weighted by Gasteiger charge is 2.69. The zero-order chi connectivity index (χ0) is 26.5. The predicted molar refractivity (Wildman–Crippen MR) is 123 cm³/mol. The van der Waals surface area contributed by atoms with Gasteiger partial charge in [-0.1, -0.05) is 27.7 Å². The molecule has 204 valence electrons. The average Bonchev–Trinajstić information content (AvgIpc) is 3.05. The Morgan fingerprint density at radius 3 is 2.53 bits per heavy atom. The van der Waals surface area contributed by atoms with Gasteiger partial charge in [-0.25, -0.2) is 14.6 Å². The maximum Gasteiger partial charge on any atom is 0.333 e. The van der Waals surface area contributed by atoms with Gasteiger partial charge in [-0.15, -0.1) is 0 Å². The molecule has 1 spiro atoms. The van der Waals surface area contributed by atoms with Gasteiger partial charge in [-0.2, -0.15) is 0 Å². The molecule has 1 saturated carbocycles. The minimum absolute atomic E-state index is 0.0177. The molecule has 11 heteroatoms. The van der Waals surface area contributed by atoms with Crippen molar-refractivity contribution >= 4 is 17.8 Å². The van der Waals surface area contributed by atoms with Crippen LogP contribution in [0.3, 0.4) is 0 Å². The highest BCUT2D eigenvalue weighted by atomic mass is 17.3. The molecular formula is C25H39NO10. The van der Waals surface area contributed by atoms with Crippen LogP contribution >= 0.6 is 0 Å². The van der Waals surface area contributed by atoms with Crippen LogP contribution in [-0.4, -0.2) is 64.7 Å². The summed E-state index contributed by atoms with van der Waals surface area (Å²) in [6.45, 7) is 9.04. The summed E-state index contributed by atoms with van der Waals surface area (Å²) in [5, 5.41) is 21.3. The molecule has 1 amide bonds. The van der Waals surface area contributed by atoms with Crippen molar-refractivity contribution in [3.05, 3.63) is 0 Å². The Balaban J connectivity index is 1.35. The predicted octanol–water partition coefficient (Wildman–Crippen LogP) is 2.11. The van der Waals surface area contributed by atoms with Crippen molar-refractivity contribution < 1.29 is 48.6 Å². The number of carboxylic acid groups (broad SMARTS) is 1. The first-order valence-electron chi connectivity index (χ1n) is 12.9. The standard InChI is InChI=1S/C25H39NO10/c1-13-6-7-16-14(2)21(33-22-25(16)15(13)10-11-24(5,34-22)35-36-25)32-18(28)9-8-17(27)26-12-23(3,4)19(29)20(30)31/h13-16,19,21-22,29H,6-12H2,1-5H3,(H,26,27)(H,30,31)/t13-,14-,15+,16+,19?,21-,22-,24-,25?/m1/s1. The number of rotatable bonds is 8. The van der Waals surface area contributed by atoms with Gasteiger partial charge in [-0.3, -0.25) is 9.59 Å². The van der Waals surface area contributed by atoms with Gasteiger partial charge in [0, 0.05) is 36.6 Å². The molecule has 4 heterocycles. The lowest BCUT2D eigenvalue weighted by atomic mass is 9.58. The Bertz CT molecular complexity index is 879. The van der Waals surface area contributed by atoms with E-state index in [1.807, 2.05) is 13.8 Å². The summed E-state index contributed by atoms with van der Waals surface area (Å²) in [5.74, 6) is -2.83. The molecule has 0 radical (unpaired) electrons. The number of ether oxygens (including phenoxy) is 3. The number of fused-ring (bicyclic) bond motifs is 2. The molecule has 2 unspecified atom stereocenters. The average molecular weight is 514 g/mol. The van der Waals surface area contributed by atoms with Gasteiger partial charge in [0.15, 0.2) is 18.0 Å². The number of nitrogens with one attached hydrogen (secondary N) is 1. The quantitative estimate of drug-likeness (QED) is 0.325. The van der Waals surface area contributed by atoms with Gasteiger partial charge in [0.1, 0.15) is 0 Å². The summed E-state index contributed by atoms with van der Waals surface area (Å²) in [4.78, 5) is 47.7. The molecule has 11 nitrogen and oxygen atoms in total. The van der Waals surface area contributed by atoms with Crippen LogP contribution in [0.15, 0.2) is 0 Å². The van der Waals surface area contributed by atoms with E-state index in [-0.39, 0.29) is 37.1 Å². The molecule has 3 N–H and O–H groups in total. The lowest BCUT2D eigenvalue weighted by Crippen LogP contribution is -2.70. The monoisotopic (exact) mass is 513 g/mol. The topological polar surface area (TPSA) is 150 Å². The molecule has 0 aromatic rings. The van der Waals surface area contributed by atoms with Crippen LogP contribution in [0.5, 0.6) is 0 Å². The van der Waals surface area contributed by atoms with Gasteiger partial charge >= 0.3 is 11.9 Å². The summed E-state index contributed by atoms with van der Waals surface area (Å²) in [7, 11) is 0. The van der Waals surface area contributed by atoms with Gasteiger partial charge in [0.2, 0.25) is 18.0 Å². The number of hydrogen-bond donors (Lipinski definition) is 3. The van der Waals surface area contributed by atoms with E-state index >= 15 is 0 Å². The van der Waals surface area contributed by atoms with E-state index in [9.17, 15) is 19.5 Å². The third-order valence-corrected chi connectivity index (χ3v) is 8.62. The number of esters is 1. The fourth-order valence-electron chi connectivity index (χ4n) is 6.26. The number of aliphatic hydroxyl groups is 1. The number of amides is 1. The Kier molecular flexibility index (Phi) is 7.44. The second-order valence-corrected chi connectivity index (χ2v) is 11.8. The van der Waals surface area contributed by atoms with E-state index in [0.29, 0.717) is 12.3 Å². The molecule has 0 aromatic carbocycles. The van der Waals surface area contributed by atoms with Gasteiger partial charge in [0.25, 0.3) is 0 Å². The van der Waals surface area contributed by atoms with Gasteiger partial charge < -0.3 is 29.7 Å². The Hall–Kier alpha value is -1.79. The molecule has 9 atom stereocenters. The van der Waals surface area contributed by atoms with Gasteiger partial charge in [-0.05, 0) is 38.0 Å². The smallest absolute Gasteiger partial charge is 0.333 e. The van der Waals surface area contributed by atoms with Crippen molar-refractivity contribution in [3.63, 3.8) is 0 Å². The van der Waals surface area contributed by atoms with Crippen LogP contribution in [-0.2, 0) is 38.4 Å². The normalized spacial score (nSPS) is 40.5. The fourth-order valence-corrected chi connectivity index (χ4v) is 6.26.